The average molecular weight is 242 g/mol. The van der Waals surface area contributed by atoms with Crippen LogP contribution in [0.25, 0.3) is 0 Å². The first-order chi connectivity index (χ1) is 7.15. The van der Waals surface area contributed by atoms with Crippen molar-refractivity contribution >= 4 is 29.9 Å². The minimum absolute atomic E-state index is 0.0283. The van der Waals surface area contributed by atoms with Crippen molar-refractivity contribution in [3.63, 3.8) is 0 Å². The summed E-state index contributed by atoms with van der Waals surface area (Å²) in [7, 11) is 2.07. The lowest BCUT2D eigenvalue weighted by atomic mass is 10.2. The molecule has 1 aromatic rings. The standard InChI is InChI=1S/C10H14N2OS2/c1-12-3-2-7(5-12)11-10(13)9-4-8(14)6-15-9/h4,6-7,14H,2-3,5H2,1H3,(H,11,13). The highest BCUT2D eigenvalue weighted by Gasteiger charge is 2.21. The van der Waals surface area contributed by atoms with Crippen molar-refractivity contribution in [3.8, 4) is 0 Å². The Balaban J connectivity index is 1.92. The molecule has 1 saturated heterocycles. The summed E-state index contributed by atoms with van der Waals surface area (Å²) in [5, 5.41) is 4.91. The van der Waals surface area contributed by atoms with Gasteiger partial charge >= 0.3 is 0 Å². The van der Waals surface area contributed by atoms with Crippen LogP contribution in [0.3, 0.4) is 0 Å². The first kappa shape index (κ1) is 11.0. The Bertz CT molecular complexity index is 364. The number of nitrogens with one attached hydrogen (secondary N) is 1. The Labute approximate surface area is 98.9 Å². The molecule has 3 nitrogen and oxygen atoms in total. The van der Waals surface area contributed by atoms with Crippen molar-refractivity contribution in [2.45, 2.75) is 17.4 Å². The molecule has 1 N–H and O–H groups in total. The number of hydrogen-bond donors (Lipinski definition) is 2. The molecule has 1 atom stereocenters. The van der Waals surface area contributed by atoms with Crippen LogP contribution in [0.5, 0.6) is 0 Å². The van der Waals surface area contributed by atoms with Gasteiger partial charge in [0, 0.05) is 22.9 Å². The molecular weight excluding hydrogens is 228 g/mol. The number of rotatable bonds is 2. The van der Waals surface area contributed by atoms with Crippen LogP contribution in [0.4, 0.5) is 0 Å². The molecule has 1 aliphatic rings. The van der Waals surface area contributed by atoms with Gasteiger partial charge in [-0.1, -0.05) is 0 Å². The third-order valence-electron chi connectivity index (χ3n) is 2.54. The second kappa shape index (κ2) is 4.55. The SMILES string of the molecule is CN1CCC(NC(=O)c2cc(S)cs2)C1. The molecule has 5 heteroatoms. The first-order valence-corrected chi connectivity index (χ1v) is 6.25. The molecule has 15 heavy (non-hydrogen) atoms. The highest BCUT2D eigenvalue weighted by Crippen LogP contribution is 2.18. The Hall–Kier alpha value is -0.520. The van der Waals surface area contributed by atoms with E-state index in [1.165, 1.54) is 11.3 Å². The first-order valence-electron chi connectivity index (χ1n) is 4.92. The molecule has 0 spiro atoms. The van der Waals surface area contributed by atoms with E-state index in [1.807, 2.05) is 11.4 Å². The number of likely N-dealkylation sites (tertiary alicyclic amines) is 1. The van der Waals surface area contributed by atoms with Crippen molar-refractivity contribution in [2.75, 3.05) is 20.1 Å². The summed E-state index contributed by atoms with van der Waals surface area (Å²) in [5.74, 6) is 0.0283. The van der Waals surface area contributed by atoms with Crippen molar-refractivity contribution in [1.82, 2.24) is 10.2 Å². The fourth-order valence-corrected chi connectivity index (χ4v) is 2.81. The van der Waals surface area contributed by atoms with Crippen molar-refractivity contribution in [3.05, 3.63) is 16.3 Å². The quantitative estimate of drug-likeness (QED) is 0.770. The van der Waals surface area contributed by atoms with E-state index in [1.54, 1.807) is 0 Å². The van der Waals surface area contributed by atoms with E-state index in [2.05, 4.69) is 29.9 Å². The van der Waals surface area contributed by atoms with Crippen LogP contribution in [0.1, 0.15) is 16.1 Å². The van der Waals surface area contributed by atoms with E-state index in [0.29, 0.717) is 6.04 Å². The van der Waals surface area contributed by atoms with Crippen molar-refractivity contribution in [2.24, 2.45) is 0 Å². The molecule has 2 heterocycles. The van der Waals surface area contributed by atoms with Gasteiger partial charge in [0.05, 0.1) is 4.88 Å². The number of amides is 1. The van der Waals surface area contributed by atoms with Gasteiger partial charge < -0.3 is 10.2 Å². The molecule has 0 aromatic carbocycles. The second-order valence-electron chi connectivity index (χ2n) is 3.89. The van der Waals surface area contributed by atoms with Gasteiger partial charge in [-0.05, 0) is 26.1 Å². The third kappa shape index (κ3) is 2.74. The van der Waals surface area contributed by atoms with E-state index >= 15 is 0 Å². The Morgan fingerprint density at radius 1 is 1.73 bits per heavy atom. The van der Waals surface area contributed by atoms with E-state index in [0.717, 1.165) is 29.3 Å². The van der Waals surface area contributed by atoms with Crippen LogP contribution in [-0.4, -0.2) is 37.0 Å². The molecule has 1 aliphatic heterocycles. The number of likely N-dealkylation sites (N-methyl/N-ethyl adjacent to an activating group) is 1. The number of carbonyl (C=O) groups excluding carboxylic acids is 1. The largest absolute Gasteiger partial charge is 0.347 e. The minimum Gasteiger partial charge on any atom is -0.347 e. The minimum atomic E-state index is 0.0283. The normalized spacial score (nSPS) is 21.9. The lowest BCUT2D eigenvalue weighted by Crippen LogP contribution is -2.36. The van der Waals surface area contributed by atoms with Crippen LogP contribution >= 0.6 is 24.0 Å². The Morgan fingerprint density at radius 2 is 2.53 bits per heavy atom. The maximum atomic E-state index is 11.8. The van der Waals surface area contributed by atoms with E-state index in [9.17, 15) is 4.79 Å². The number of hydrogen-bond acceptors (Lipinski definition) is 4. The zero-order valence-corrected chi connectivity index (χ0v) is 10.3. The summed E-state index contributed by atoms with van der Waals surface area (Å²) in [6.45, 7) is 2.01. The van der Waals surface area contributed by atoms with E-state index < -0.39 is 0 Å². The number of carbonyl (C=O) groups is 1. The highest BCUT2D eigenvalue weighted by molar-refractivity contribution is 7.80. The van der Waals surface area contributed by atoms with Gasteiger partial charge in [-0.3, -0.25) is 4.79 Å². The summed E-state index contributed by atoms with van der Waals surface area (Å²) in [6, 6.07) is 2.11. The lowest BCUT2D eigenvalue weighted by molar-refractivity contribution is 0.0942. The van der Waals surface area contributed by atoms with Gasteiger partial charge in [-0.2, -0.15) is 0 Å². The monoisotopic (exact) mass is 242 g/mol. The highest BCUT2D eigenvalue weighted by atomic mass is 32.1. The third-order valence-corrected chi connectivity index (χ3v) is 3.90. The molecule has 1 unspecified atom stereocenters. The summed E-state index contributed by atoms with van der Waals surface area (Å²) in [5.41, 5.74) is 0. The summed E-state index contributed by atoms with van der Waals surface area (Å²) in [6.07, 6.45) is 1.04. The maximum absolute atomic E-state index is 11.8. The molecule has 1 amide bonds. The Morgan fingerprint density at radius 3 is 3.07 bits per heavy atom. The number of nitrogens with zero attached hydrogens (tertiary/aromatic N) is 1. The molecule has 1 aromatic heterocycles. The van der Waals surface area contributed by atoms with E-state index in [4.69, 9.17) is 0 Å². The van der Waals surface area contributed by atoms with Gasteiger partial charge in [0.2, 0.25) is 0 Å². The second-order valence-corrected chi connectivity index (χ2v) is 5.32. The zero-order valence-electron chi connectivity index (χ0n) is 8.56. The molecular formula is C10H14N2OS2. The van der Waals surface area contributed by atoms with Crippen LogP contribution in [-0.2, 0) is 0 Å². The molecule has 82 valence electrons. The van der Waals surface area contributed by atoms with Crippen LogP contribution in [0.15, 0.2) is 16.3 Å². The molecule has 1 fully saturated rings. The molecule has 2 rings (SSSR count). The van der Waals surface area contributed by atoms with Gasteiger partial charge in [-0.15, -0.1) is 24.0 Å². The Kier molecular flexibility index (Phi) is 3.33. The van der Waals surface area contributed by atoms with Gasteiger partial charge in [0.15, 0.2) is 0 Å². The smallest absolute Gasteiger partial charge is 0.261 e. The predicted octanol–water partition coefficient (Wildman–Crippen LogP) is 1.47. The topological polar surface area (TPSA) is 32.3 Å². The summed E-state index contributed by atoms with van der Waals surface area (Å²) >= 11 is 5.62. The molecule has 0 radical (unpaired) electrons. The van der Waals surface area contributed by atoms with Gasteiger partial charge in [-0.25, -0.2) is 0 Å². The lowest BCUT2D eigenvalue weighted by Gasteiger charge is -2.11. The number of thiol groups is 1. The van der Waals surface area contributed by atoms with Crippen molar-refractivity contribution < 1.29 is 4.79 Å². The van der Waals surface area contributed by atoms with Crippen LogP contribution < -0.4 is 5.32 Å². The van der Waals surface area contributed by atoms with Crippen LogP contribution in [0, 0.1) is 0 Å². The van der Waals surface area contributed by atoms with Crippen LogP contribution in [0.2, 0.25) is 0 Å². The summed E-state index contributed by atoms with van der Waals surface area (Å²) < 4.78 is 0. The fraction of sp³-hybridized carbons (Fsp3) is 0.500. The summed E-state index contributed by atoms with van der Waals surface area (Å²) in [4.78, 5) is 15.6. The molecule has 0 saturated carbocycles. The van der Waals surface area contributed by atoms with E-state index in [-0.39, 0.29) is 5.91 Å². The van der Waals surface area contributed by atoms with Crippen molar-refractivity contribution in [1.29, 1.82) is 0 Å². The van der Waals surface area contributed by atoms with Gasteiger partial charge in [0.25, 0.3) is 5.91 Å². The average Bonchev–Trinajstić information content (AvgIpc) is 2.75. The maximum Gasteiger partial charge on any atom is 0.261 e. The number of thiophene rings is 1. The fourth-order valence-electron chi connectivity index (χ4n) is 1.75. The molecule has 0 aliphatic carbocycles. The zero-order chi connectivity index (χ0) is 10.8. The molecule has 0 bridgehead atoms. The van der Waals surface area contributed by atoms with Gasteiger partial charge in [0.1, 0.15) is 0 Å². The predicted molar refractivity (Wildman–Crippen MR) is 64.9 cm³/mol.